The van der Waals surface area contributed by atoms with Gasteiger partial charge in [-0.05, 0) is 25.0 Å². The van der Waals surface area contributed by atoms with Crippen LogP contribution in [-0.4, -0.2) is 27.8 Å². The summed E-state index contributed by atoms with van der Waals surface area (Å²) < 4.78 is 10.6. The fourth-order valence-corrected chi connectivity index (χ4v) is 2.60. The number of nitrogens with zero attached hydrogens (tertiary/aromatic N) is 4. The van der Waals surface area contributed by atoms with Crippen molar-refractivity contribution in [3.8, 4) is 11.4 Å². The Morgan fingerprint density at radius 2 is 2.00 bits per heavy atom. The molecular formula is C19H24ClIN6O2. The van der Waals surface area contributed by atoms with Crippen molar-refractivity contribution in [3.05, 3.63) is 52.7 Å². The summed E-state index contributed by atoms with van der Waals surface area (Å²) in [7, 11) is 0. The predicted octanol–water partition coefficient (Wildman–Crippen LogP) is 4.37. The molecule has 0 spiro atoms. The van der Waals surface area contributed by atoms with Crippen molar-refractivity contribution < 1.29 is 9.05 Å². The van der Waals surface area contributed by atoms with Gasteiger partial charge in [0.1, 0.15) is 6.54 Å². The number of hydrogen-bond acceptors (Lipinski definition) is 6. The maximum Gasteiger partial charge on any atom is 0.246 e. The molecular weight excluding hydrogens is 507 g/mol. The molecule has 0 saturated heterocycles. The Morgan fingerprint density at radius 3 is 2.69 bits per heavy atom. The number of benzene rings is 1. The van der Waals surface area contributed by atoms with Gasteiger partial charge < -0.3 is 19.7 Å². The van der Waals surface area contributed by atoms with E-state index in [1.165, 1.54) is 0 Å². The van der Waals surface area contributed by atoms with Crippen molar-refractivity contribution in [2.24, 2.45) is 4.99 Å². The minimum atomic E-state index is 0. The van der Waals surface area contributed by atoms with Crippen molar-refractivity contribution in [2.75, 3.05) is 6.54 Å². The summed E-state index contributed by atoms with van der Waals surface area (Å²) in [6.07, 6.45) is 0. The van der Waals surface area contributed by atoms with Gasteiger partial charge in [-0.2, -0.15) is 4.98 Å². The number of hydrogen-bond donors (Lipinski definition) is 2. The topological polar surface area (TPSA) is 101 Å². The second-order valence-corrected chi connectivity index (χ2v) is 6.88. The van der Waals surface area contributed by atoms with Gasteiger partial charge in [0.05, 0.1) is 12.2 Å². The molecule has 1 aromatic carbocycles. The quantitative estimate of drug-likeness (QED) is 0.266. The molecule has 0 fully saturated rings. The van der Waals surface area contributed by atoms with Gasteiger partial charge in [-0.1, -0.05) is 47.9 Å². The van der Waals surface area contributed by atoms with Crippen LogP contribution < -0.4 is 10.6 Å². The minimum absolute atomic E-state index is 0. The molecule has 0 radical (unpaired) electrons. The first-order chi connectivity index (χ1) is 13.5. The van der Waals surface area contributed by atoms with Crippen LogP contribution in [0, 0.1) is 0 Å². The van der Waals surface area contributed by atoms with E-state index in [0.717, 1.165) is 17.8 Å². The summed E-state index contributed by atoms with van der Waals surface area (Å²) in [6.45, 7) is 7.57. The molecule has 2 aromatic heterocycles. The molecule has 0 atom stereocenters. The molecule has 0 unspecified atom stereocenters. The second kappa shape index (κ2) is 11.1. The van der Waals surface area contributed by atoms with Crippen LogP contribution in [0.1, 0.15) is 44.0 Å². The second-order valence-electron chi connectivity index (χ2n) is 6.44. The lowest BCUT2D eigenvalue weighted by Crippen LogP contribution is -2.36. The Kier molecular flexibility index (Phi) is 8.90. The molecule has 0 aliphatic rings. The van der Waals surface area contributed by atoms with Gasteiger partial charge in [0.25, 0.3) is 0 Å². The van der Waals surface area contributed by atoms with Crippen molar-refractivity contribution in [1.29, 1.82) is 0 Å². The van der Waals surface area contributed by atoms with E-state index < -0.39 is 0 Å². The number of guanidine groups is 1. The largest absolute Gasteiger partial charge is 0.359 e. The number of nitrogens with one attached hydrogen (secondary N) is 2. The van der Waals surface area contributed by atoms with Crippen LogP contribution in [0.4, 0.5) is 0 Å². The lowest BCUT2D eigenvalue weighted by Gasteiger charge is -2.08. The molecule has 10 heteroatoms. The van der Waals surface area contributed by atoms with Crippen LogP contribution in [0.2, 0.25) is 5.02 Å². The van der Waals surface area contributed by atoms with E-state index >= 15 is 0 Å². The van der Waals surface area contributed by atoms with Gasteiger partial charge in [0.15, 0.2) is 11.7 Å². The lowest BCUT2D eigenvalue weighted by atomic mass is 10.1. The monoisotopic (exact) mass is 530 g/mol. The zero-order valence-electron chi connectivity index (χ0n) is 16.5. The average molecular weight is 531 g/mol. The third kappa shape index (κ3) is 6.70. The van der Waals surface area contributed by atoms with Gasteiger partial charge in [0, 0.05) is 23.2 Å². The highest BCUT2D eigenvalue weighted by molar-refractivity contribution is 14.0. The number of rotatable bonds is 7. The first-order valence-electron chi connectivity index (χ1n) is 9.11. The van der Waals surface area contributed by atoms with E-state index in [4.69, 9.17) is 20.6 Å². The Balaban J connectivity index is 0.00000300. The normalized spacial score (nSPS) is 11.4. The van der Waals surface area contributed by atoms with E-state index in [1.54, 1.807) is 12.1 Å². The smallest absolute Gasteiger partial charge is 0.246 e. The molecule has 2 heterocycles. The maximum absolute atomic E-state index is 6.01. The third-order valence-electron chi connectivity index (χ3n) is 3.86. The highest BCUT2D eigenvalue weighted by atomic mass is 127. The van der Waals surface area contributed by atoms with Crippen molar-refractivity contribution in [1.82, 2.24) is 25.9 Å². The Hall–Kier alpha value is -2.14. The summed E-state index contributed by atoms with van der Waals surface area (Å²) in [6, 6.07) is 9.23. The van der Waals surface area contributed by atoms with Gasteiger partial charge in [-0.25, -0.2) is 4.99 Å². The molecule has 2 N–H and O–H groups in total. The van der Waals surface area contributed by atoms with E-state index in [9.17, 15) is 0 Å². The highest BCUT2D eigenvalue weighted by Crippen LogP contribution is 2.20. The zero-order valence-corrected chi connectivity index (χ0v) is 19.6. The van der Waals surface area contributed by atoms with Crippen LogP contribution in [0.3, 0.4) is 0 Å². The first kappa shape index (κ1) is 23.1. The van der Waals surface area contributed by atoms with E-state index in [-0.39, 0.29) is 24.0 Å². The molecule has 8 nitrogen and oxygen atoms in total. The molecule has 0 amide bonds. The first-order valence-corrected chi connectivity index (χ1v) is 9.49. The average Bonchev–Trinajstić information content (AvgIpc) is 3.34. The number of halogens is 2. The fraction of sp³-hybridized carbons (Fsp3) is 0.368. The minimum Gasteiger partial charge on any atom is -0.359 e. The Bertz CT molecular complexity index is 940. The van der Waals surface area contributed by atoms with Crippen LogP contribution >= 0.6 is 35.6 Å². The summed E-state index contributed by atoms with van der Waals surface area (Å²) in [5.41, 5.74) is 1.72. The molecule has 0 aliphatic heterocycles. The van der Waals surface area contributed by atoms with Crippen molar-refractivity contribution >= 4 is 41.5 Å². The summed E-state index contributed by atoms with van der Waals surface area (Å²) >= 11 is 6.01. The van der Waals surface area contributed by atoms with Gasteiger partial charge in [0.2, 0.25) is 11.7 Å². The van der Waals surface area contributed by atoms with Crippen molar-refractivity contribution in [2.45, 2.75) is 39.8 Å². The molecule has 0 saturated carbocycles. The summed E-state index contributed by atoms with van der Waals surface area (Å²) in [5, 5.41) is 15.0. The van der Waals surface area contributed by atoms with Crippen LogP contribution in [0.25, 0.3) is 11.4 Å². The Labute approximate surface area is 191 Å². The van der Waals surface area contributed by atoms with E-state index in [0.29, 0.717) is 47.5 Å². The standard InChI is InChI=1S/C19H23ClN6O2.HI/c1-4-21-19(22-10-15-9-16(12(2)3)25-27-15)23-11-17-24-18(26-28-17)13-6-5-7-14(20)8-13;/h5-9,12H,4,10-11H2,1-3H3,(H2,21,22,23);1H. The predicted molar refractivity (Wildman–Crippen MR) is 122 cm³/mol. The van der Waals surface area contributed by atoms with Crippen molar-refractivity contribution in [3.63, 3.8) is 0 Å². The van der Waals surface area contributed by atoms with Crippen LogP contribution in [0.15, 0.2) is 44.4 Å². The number of aliphatic imine (C=N–C) groups is 1. The lowest BCUT2D eigenvalue weighted by molar-refractivity contribution is 0.373. The van der Waals surface area contributed by atoms with Crippen LogP contribution in [-0.2, 0) is 13.1 Å². The third-order valence-corrected chi connectivity index (χ3v) is 4.10. The summed E-state index contributed by atoms with van der Waals surface area (Å²) in [4.78, 5) is 8.89. The molecule has 3 rings (SSSR count). The highest BCUT2D eigenvalue weighted by Gasteiger charge is 2.10. The van der Waals surface area contributed by atoms with Gasteiger partial charge in [-0.3, -0.25) is 0 Å². The molecule has 29 heavy (non-hydrogen) atoms. The van der Waals surface area contributed by atoms with Crippen LogP contribution in [0.5, 0.6) is 0 Å². The zero-order chi connectivity index (χ0) is 19.9. The fourth-order valence-electron chi connectivity index (χ4n) is 2.41. The molecule has 3 aromatic rings. The summed E-state index contributed by atoms with van der Waals surface area (Å²) in [5.74, 6) is 2.58. The van der Waals surface area contributed by atoms with Gasteiger partial charge >= 0.3 is 0 Å². The maximum atomic E-state index is 6.01. The Morgan fingerprint density at radius 1 is 1.17 bits per heavy atom. The number of aromatic nitrogens is 3. The molecule has 156 valence electrons. The molecule has 0 aliphatic carbocycles. The van der Waals surface area contributed by atoms with E-state index in [1.807, 2.05) is 25.1 Å². The van der Waals surface area contributed by atoms with E-state index in [2.05, 4.69) is 44.8 Å². The molecule has 0 bridgehead atoms. The van der Waals surface area contributed by atoms with Gasteiger partial charge in [-0.15, -0.1) is 24.0 Å². The SMILES string of the molecule is CCNC(=NCc1cc(C(C)C)no1)NCc1nc(-c2cccc(Cl)c2)no1.I.